The molecule has 9 heteroatoms. The number of benzene rings is 2. The SMILES string of the molecule is Cc1cccc(C(C(=O)Nc2ccccc2Cn2ccnc2C)N(C)C)c1.O=CO.O=CO. The molecule has 1 amide bonds. The van der Waals surface area contributed by atoms with Crippen molar-refractivity contribution in [2.24, 2.45) is 0 Å². The second-order valence-corrected chi connectivity index (χ2v) is 7.24. The van der Waals surface area contributed by atoms with Gasteiger partial charge < -0.3 is 20.1 Å². The van der Waals surface area contributed by atoms with Gasteiger partial charge in [-0.2, -0.15) is 0 Å². The topological polar surface area (TPSA) is 125 Å². The Morgan fingerprint density at radius 3 is 2.27 bits per heavy atom. The van der Waals surface area contributed by atoms with Gasteiger partial charge in [-0.25, -0.2) is 4.98 Å². The number of hydrogen-bond donors (Lipinski definition) is 3. The molecule has 3 aromatic rings. The maximum atomic E-state index is 13.1. The summed E-state index contributed by atoms with van der Waals surface area (Å²) < 4.78 is 2.06. The largest absolute Gasteiger partial charge is 0.483 e. The Morgan fingerprint density at radius 2 is 1.73 bits per heavy atom. The Morgan fingerprint density at radius 1 is 1.09 bits per heavy atom. The first-order valence-corrected chi connectivity index (χ1v) is 10.0. The number of hydrogen-bond acceptors (Lipinski definition) is 5. The number of anilines is 1. The number of nitrogens with zero attached hydrogens (tertiary/aromatic N) is 3. The maximum Gasteiger partial charge on any atom is 0.290 e. The number of rotatable bonds is 6. The van der Waals surface area contributed by atoms with Gasteiger partial charge in [0.15, 0.2) is 0 Å². The summed E-state index contributed by atoms with van der Waals surface area (Å²) in [6, 6.07) is 15.6. The Labute approximate surface area is 193 Å². The molecule has 0 bridgehead atoms. The molecule has 0 fully saturated rings. The third kappa shape index (κ3) is 8.58. The fourth-order valence-electron chi connectivity index (χ4n) is 3.26. The van der Waals surface area contributed by atoms with E-state index in [1.807, 2.05) is 81.5 Å². The van der Waals surface area contributed by atoms with Crippen molar-refractivity contribution in [1.82, 2.24) is 14.5 Å². The fraction of sp³-hybridized carbons (Fsp3) is 0.250. The monoisotopic (exact) mass is 454 g/mol. The van der Waals surface area contributed by atoms with E-state index in [0.29, 0.717) is 6.54 Å². The van der Waals surface area contributed by atoms with Crippen LogP contribution >= 0.6 is 0 Å². The van der Waals surface area contributed by atoms with E-state index in [4.69, 9.17) is 19.8 Å². The number of carboxylic acid groups (broad SMARTS) is 2. The molecular formula is C24H30N4O5. The van der Waals surface area contributed by atoms with Crippen LogP contribution in [0.5, 0.6) is 0 Å². The number of amides is 1. The minimum atomic E-state index is -0.354. The van der Waals surface area contributed by atoms with E-state index in [2.05, 4.69) is 20.9 Å². The van der Waals surface area contributed by atoms with Crippen LogP contribution in [-0.2, 0) is 20.9 Å². The van der Waals surface area contributed by atoms with Crippen molar-refractivity contribution in [1.29, 1.82) is 0 Å². The zero-order valence-corrected chi connectivity index (χ0v) is 19.2. The van der Waals surface area contributed by atoms with Crippen molar-refractivity contribution in [3.63, 3.8) is 0 Å². The van der Waals surface area contributed by atoms with Gasteiger partial charge in [-0.15, -0.1) is 0 Å². The van der Waals surface area contributed by atoms with Crippen molar-refractivity contribution < 1.29 is 24.6 Å². The molecule has 9 nitrogen and oxygen atoms in total. The lowest BCUT2D eigenvalue weighted by atomic mass is 10.0. The van der Waals surface area contributed by atoms with Gasteiger partial charge in [0.25, 0.3) is 12.9 Å². The van der Waals surface area contributed by atoms with Crippen LogP contribution in [0.2, 0.25) is 0 Å². The van der Waals surface area contributed by atoms with Crippen LogP contribution in [-0.4, -0.2) is 57.6 Å². The molecular weight excluding hydrogens is 424 g/mol. The van der Waals surface area contributed by atoms with E-state index >= 15 is 0 Å². The first-order chi connectivity index (χ1) is 15.8. The van der Waals surface area contributed by atoms with E-state index in [0.717, 1.165) is 28.2 Å². The average Bonchev–Trinajstić information content (AvgIpc) is 3.15. The van der Waals surface area contributed by atoms with E-state index in [1.54, 1.807) is 6.20 Å². The molecule has 0 aliphatic heterocycles. The average molecular weight is 455 g/mol. The first kappa shape index (κ1) is 27.1. The number of carbonyl (C=O) groups excluding carboxylic acids is 1. The van der Waals surface area contributed by atoms with Gasteiger partial charge in [0.2, 0.25) is 5.91 Å². The van der Waals surface area contributed by atoms with E-state index in [1.165, 1.54) is 0 Å². The molecule has 176 valence electrons. The number of carbonyl (C=O) groups is 3. The van der Waals surface area contributed by atoms with Gasteiger partial charge >= 0.3 is 0 Å². The highest BCUT2D eigenvalue weighted by molar-refractivity contribution is 5.96. The number of aryl methyl sites for hydroxylation is 2. The van der Waals surface area contributed by atoms with Crippen LogP contribution in [0.4, 0.5) is 5.69 Å². The van der Waals surface area contributed by atoms with Crippen molar-refractivity contribution >= 4 is 24.5 Å². The summed E-state index contributed by atoms with van der Waals surface area (Å²) in [5.74, 6) is 0.905. The van der Waals surface area contributed by atoms with E-state index in [9.17, 15) is 4.79 Å². The molecule has 33 heavy (non-hydrogen) atoms. The highest BCUT2D eigenvalue weighted by Gasteiger charge is 2.23. The summed E-state index contributed by atoms with van der Waals surface area (Å²) in [6.45, 7) is 4.18. The van der Waals surface area contributed by atoms with Crippen LogP contribution in [0.1, 0.15) is 28.6 Å². The summed E-state index contributed by atoms with van der Waals surface area (Å²) in [5.41, 5.74) is 4.01. The molecule has 1 heterocycles. The Balaban J connectivity index is 0.000000819. The smallest absolute Gasteiger partial charge is 0.290 e. The third-order valence-corrected chi connectivity index (χ3v) is 4.66. The highest BCUT2D eigenvalue weighted by atomic mass is 16.3. The second kappa shape index (κ2) is 14.2. The molecule has 0 radical (unpaired) electrons. The molecule has 1 unspecified atom stereocenters. The standard InChI is InChI=1S/C22H26N4O.2CH2O2/c1-16-8-7-10-18(14-16)21(25(3)4)22(27)24-20-11-6-5-9-19(20)15-26-13-12-23-17(26)2;2*2-1-3/h5-14,21H,15H2,1-4H3,(H,24,27);2*1H,(H,2,3). The van der Waals surface area contributed by atoms with Gasteiger partial charge in [0, 0.05) is 18.1 Å². The lowest BCUT2D eigenvalue weighted by molar-refractivity contribution is -0.123. The molecule has 0 spiro atoms. The molecule has 2 aromatic carbocycles. The second-order valence-electron chi connectivity index (χ2n) is 7.24. The van der Waals surface area contributed by atoms with Crippen molar-refractivity contribution in [3.05, 3.63) is 83.4 Å². The Kier molecular flexibility index (Phi) is 11.6. The van der Waals surface area contributed by atoms with Crippen molar-refractivity contribution in [3.8, 4) is 0 Å². The summed E-state index contributed by atoms with van der Waals surface area (Å²) in [6.07, 6.45) is 3.74. The van der Waals surface area contributed by atoms with Crippen LogP contribution < -0.4 is 5.32 Å². The summed E-state index contributed by atoms with van der Waals surface area (Å²) in [5, 5.41) is 16.9. The Bertz CT molecular complexity index is 1030. The summed E-state index contributed by atoms with van der Waals surface area (Å²) in [7, 11) is 3.85. The van der Waals surface area contributed by atoms with Gasteiger partial charge in [0.05, 0.1) is 6.54 Å². The molecule has 3 N–H and O–H groups in total. The number of likely N-dealkylation sites (N-methyl/N-ethyl adjacent to an activating group) is 1. The van der Waals surface area contributed by atoms with Crippen LogP contribution in [0.25, 0.3) is 0 Å². The minimum absolute atomic E-state index is 0.0413. The van der Waals surface area contributed by atoms with Gasteiger partial charge in [0.1, 0.15) is 11.9 Å². The third-order valence-electron chi connectivity index (χ3n) is 4.66. The molecule has 1 aromatic heterocycles. The summed E-state index contributed by atoms with van der Waals surface area (Å²) in [4.78, 5) is 36.0. The number of imidazole rings is 1. The Hall–Kier alpha value is -3.98. The van der Waals surface area contributed by atoms with Crippen LogP contribution in [0, 0.1) is 13.8 Å². The lowest BCUT2D eigenvalue weighted by Gasteiger charge is -2.25. The summed E-state index contributed by atoms with van der Waals surface area (Å²) >= 11 is 0. The predicted octanol–water partition coefficient (Wildman–Crippen LogP) is 3.19. The zero-order valence-electron chi connectivity index (χ0n) is 19.2. The molecule has 1 atom stereocenters. The molecule has 0 aliphatic rings. The fourth-order valence-corrected chi connectivity index (χ4v) is 3.26. The molecule has 0 saturated carbocycles. The predicted molar refractivity (Wildman–Crippen MR) is 126 cm³/mol. The van der Waals surface area contributed by atoms with E-state index in [-0.39, 0.29) is 24.9 Å². The van der Waals surface area contributed by atoms with Gasteiger partial charge in [-0.3, -0.25) is 19.3 Å². The van der Waals surface area contributed by atoms with Gasteiger partial charge in [-0.05, 0) is 45.1 Å². The highest BCUT2D eigenvalue weighted by Crippen LogP contribution is 2.23. The lowest BCUT2D eigenvalue weighted by Crippen LogP contribution is -2.32. The number of aromatic nitrogens is 2. The van der Waals surface area contributed by atoms with Crippen LogP contribution in [0.15, 0.2) is 60.9 Å². The van der Waals surface area contributed by atoms with Crippen molar-refractivity contribution in [2.75, 3.05) is 19.4 Å². The molecule has 0 aliphatic carbocycles. The minimum Gasteiger partial charge on any atom is -0.483 e. The maximum absolute atomic E-state index is 13.1. The number of nitrogens with one attached hydrogen (secondary N) is 1. The molecule has 3 rings (SSSR count). The van der Waals surface area contributed by atoms with Crippen molar-refractivity contribution in [2.45, 2.75) is 26.4 Å². The normalized spacial score (nSPS) is 10.7. The zero-order chi connectivity index (χ0) is 24.8. The van der Waals surface area contributed by atoms with Crippen LogP contribution in [0.3, 0.4) is 0 Å². The first-order valence-electron chi connectivity index (χ1n) is 10.0. The quantitative estimate of drug-likeness (QED) is 0.489. The molecule has 0 saturated heterocycles. The number of para-hydroxylation sites is 1. The van der Waals surface area contributed by atoms with E-state index < -0.39 is 0 Å². The van der Waals surface area contributed by atoms with Gasteiger partial charge in [-0.1, -0.05) is 48.0 Å².